The molecular formula is C11H13N3O2. The Hall–Kier alpha value is -1.75. The van der Waals surface area contributed by atoms with E-state index in [9.17, 15) is 4.79 Å². The topological polar surface area (TPSA) is 56.5 Å². The van der Waals surface area contributed by atoms with Crippen LogP contribution in [0.1, 0.15) is 22.6 Å². The van der Waals surface area contributed by atoms with Crippen molar-refractivity contribution in [2.24, 2.45) is 0 Å². The number of methoxy groups -OCH3 is 1. The molecular weight excluding hydrogens is 206 g/mol. The first kappa shape index (κ1) is 10.8. The highest BCUT2D eigenvalue weighted by Gasteiger charge is 2.07. The minimum atomic E-state index is 0.563. The van der Waals surface area contributed by atoms with Crippen molar-refractivity contribution in [3.63, 3.8) is 0 Å². The van der Waals surface area contributed by atoms with Crippen LogP contribution < -0.4 is 0 Å². The molecule has 0 aliphatic carbocycles. The number of hydrogen-bond donors (Lipinski definition) is 0. The van der Waals surface area contributed by atoms with Gasteiger partial charge in [0.15, 0.2) is 11.9 Å². The number of pyridine rings is 1. The van der Waals surface area contributed by atoms with E-state index >= 15 is 0 Å². The summed E-state index contributed by atoms with van der Waals surface area (Å²) >= 11 is 0. The summed E-state index contributed by atoms with van der Waals surface area (Å²) in [5.74, 6) is 0.857. The third-order valence-electron chi connectivity index (χ3n) is 2.41. The van der Waals surface area contributed by atoms with E-state index in [1.165, 1.54) is 0 Å². The summed E-state index contributed by atoms with van der Waals surface area (Å²) in [6.07, 6.45) is 4.34. The third-order valence-corrected chi connectivity index (χ3v) is 2.41. The number of aromatic nitrogens is 3. The molecule has 0 N–H and O–H groups in total. The van der Waals surface area contributed by atoms with Crippen molar-refractivity contribution in [2.45, 2.75) is 12.8 Å². The lowest BCUT2D eigenvalue weighted by Gasteiger charge is -2.00. The Bertz CT molecular complexity index is 493. The highest BCUT2D eigenvalue weighted by atomic mass is 16.5. The molecule has 2 rings (SSSR count). The highest BCUT2D eigenvalue weighted by Crippen LogP contribution is 2.09. The number of carbonyl (C=O) groups excluding carboxylic acids is 1. The van der Waals surface area contributed by atoms with Crippen molar-refractivity contribution in [1.82, 2.24) is 14.6 Å². The van der Waals surface area contributed by atoms with Gasteiger partial charge in [0.25, 0.3) is 0 Å². The Labute approximate surface area is 93.1 Å². The smallest absolute Gasteiger partial charge is 0.171 e. The average molecular weight is 219 g/mol. The second kappa shape index (κ2) is 4.85. The van der Waals surface area contributed by atoms with E-state index < -0.39 is 0 Å². The van der Waals surface area contributed by atoms with Crippen LogP contribution in [0.15, 0.2) is 18.3 Å². The van der Waals surface area contributed by atoms with Gasteiger partial charge in [-0.2, -0.15) is 0 Å². The Balaban J connectivity index is 2.30. The lowest BCUT2D eigenvalue weighted by molar-refractivity contribution is 0.112. The molecule has 0 saturated carbocycles. The Kier molecular flexibility index (Phi) is 3.26. The number of rotatable bonds is 5. The summed E-state index contributed by atoms with van der Waals surface area (Å²) in [6.45, 7) is 0.697. The van der Waals surface area contributed by atoms with Crippen molar-refractivity contribution in [3.8, 4) is 0 Å². The molecule has 0 saturated heterocycles. The van der Waals surface area contributed by atoms with E-state index in [1.54, 1.807) is 13.2 Å². The first-order valence-electron chi connectivity index (χ1n) is 5.13. The molecule has 0 amide bonds. The predicted octanol–water partition coefficient (Wildman–Crippen LogP) is 1.12. The molecule has 2 aromatic rings. The summed E-state index contributed by atoms with van der Waals surface area (Å²) in [5, 5.41) is 8.08. The molecule has 0 fully saturated rings. The summed E-state index contributed by atoms with van der Waals surface area (Å²) in [6, 6.07) is 3.55. The summed E-state index contributed by atoms with van der Waals surface area (Å²) in [5.41, 5.74) is 1.18. The fraction of sp³-hybridized carbons (Fsp3) is 0.364. The molecule has 0 aromatic carbocycles. The Morgan fingerprint density at radius 2 is 2.38 bits per heavy atom. The van der Waals surface area contributed by atoms with Crippen LogP contribution in [-0.2, 0) is 11.2 Å². The normalized spacial score (nSPS) is 10.8. The van der Waals surface area contributed by atoms with Crippen LogP contribution in [0, 0.1) is 0 Å². The molecule has 16 heavy (non-hydrogen) atoms. The van der Waals surface area contributed by atoms with Crippen molar-refractivity contribution in [2.75, 3.05) is 13.7 Å². The molecule has 0 aliphatic heterocycles. The largest absolute Gasteiger partial charge is 0.385 e. The van der Waals surface area contributed by atoms with Crippen LogP contribution in [0.5, 0.6) is 0 Å². The van der Waals surface area contributed by atoms with E-state index in [0.717, 1.165) is 25.0 Å². The molecule has 0 aliphatic rings. The molecule has 2 aromatic heterocycles. The summed E-state index contributed by atoms with van der Waals surface area (Å²) in [4.78, 5) is 10.8. The molecule has 84 valence electrons. The number of hydrogen-bond acceptors (Lipinski definition) is 4. The minimum absolute atomic E-state index is 0.563. The number of nitrogens with zero attached hydrogens (tertiary/aromatic N) is 3. The molecule has 0 radical (unpaired) electrons. The zero-order chi connectivity index (χ0) is 11.4. The van der Waals surface area contributed by atoms with Gasteiger partial charge in [-0.25, -0.2) is 0 Å². The lowest BCUT2D eigenvalue weighted by atomic mass is 10.3. The molecule has 0 bridgehead atoms. The third kappa shape index (κ3) is 1.94. The zero-order valence-electron chi connectivity index (χ0n) is 9.09. The van der Waals surface area contributed by atoms with Gasteiger partial charge in [0.05, 0.1) is 5.56 Å². The number of aldehydes is 1. The maximum atomic E-state index is 10.8. The monoisotopic (exact) mass is 219 g/mol. The van der Waals surface area contributed by atoms with E-state index in [-0.39, 0.29) is 0 Å². The maximum Gasteiger partial charge on any atom is 0.171 e. The van der Waals surface area contributed by atoms with Gasteiger partial charge in [0.1, 0.15) is 5.82 Å². The predicted molar refractivity (Wildman–Crippen MR) is 58.6 cm³/mol. The Morgan fingerprint density at radius 3 is 3.12 bits per heavy atom. The lowest BCUT2D eigenvalue weighted by Crippen LogP contribution is -1.99. The SMILES string of the molecule is COCCCc1nnc2c(C=O)cccn12. The zero-order valence-corrected chi connectivity index (χ0v) is 9.09. The van der Waals surface area contributed by atoms with Crippen LogP contribution in [0.2, 0.25) is 0 Å². The molecule has 2 heterocycles. The summed E-state index contributed by atoms with van der Waals surface area (Å²) < 4.78 is 6.83. The van der Waals surface area contributed by atoms with Gasteiger partial charge in [-0.3, -0.25) is 9.20 Å². The number of ether oxygens (including phenoxy) is 1. The Morgan fingerprint density at radius 1 is 1.50 bits per heavy atom. The van der Waals surface area contributed by atoms with Crippen molar-refractivity contribution >= 4 is 11.9 Å². The van der Waals surface area contributed by atoms with Gasteiger partial charge in [-0.05, 0) is 18.6 Å². The van der Waals surface area contributed by atoms with Gasteiger partial charge < -0.3 is 4.74 Å². The summed E-state index contributed by atoms with van der Waals surface area (Å²) in [7, 11) is 1.67. The van der Waals surface area contributed by atoms with Gasteiger partial charge in [-0.15, -0.1) is 10.2 Å². The first-order chi connectivity index (χ1) is 7.86. The molecule has 0 unspecified atom stereocenters. The van der Waals surface area contributed by atoms with E-state index in [4.69, 9.17) is 4.74 Å². The fourth-order valence-electron chi connectivity index (χ4n) is 1.62. The van der Waals surface area contributed by atoms with Gasteiger partial charge in [-0.1, -0.05) is 0 Å². The number of fused-ring (bicyclic) bond motifs is 1. The average Bonchev–Trinajstić information content (AvgIpc) is 2.73. The first-order valence-corrected chi connectivity index (χ1v) is 5.13. The van der Waals surface area contributed by atoms with E-state index in [0.29, 0.717) is 17.8 Å². The van der Waals surface area contributed by atoms with Crippen LogP contribution in [-0.4, -0.2) is 34.6 Å². The van der Waals surface area contributed by atoms with Crippen LogP contribution in [0.4, 0.5) is 0 Å². The van der Waals surface area contributed by atoms with Crippen LogP contribution in [0.3, 0.4) is 0 Å². The van der Waals surface area contributed by atoms with Crippen molar-refractivity contribution < 1.29 is 9.53 Å². The standard InChI is InChI=1S/C11H13N3O2/c1-16-7-3-5-10-12-13-11-9(8-15)4-2-6-14(10)11/h2,4,6,8H,3,5,7H2,1H3. The molecule has 5 heteroatoms. The molecule has 5 nitrogen and oxygen atoms in total. The van der Waals surface area contributed by atoms with Crippen molar-refractivity contribution in [3.05, 3.63) is 29.7 Å². The number of carbonyl (C=O) groups is 1. The molecule has 0 spiro atoms. The second-order valence-electron chi connectivity index (χ2n) is 3.49. The van der Waals surface area contributed by atoms with Crippen LogP contribution in [0.25, 0.3) is 5.65 Å². The van der Waals surface area contributed by atoms with Gasteiger partial charge >= 0.3 is 0 Å². The molecule has 0 atom stereocenters. The van der Waals surface area contributed by atoms with E-state index in [1.807, 2.05) is 16.7 Å². The van der Waals surface area contributed by atoms with Crippen molar-refractivity contribution in [1.29, 1.82) is 0 Å². The van der Waals surface area contributed by atoms with Gasteiger partial charge in [0.2, 0.25) is 0 Å². The minimum Gasteiger partial charge on any atom is -0.385 e. The van der Waals surface area contributed by atoms with Crippen LogP contribution >= 0.6 is 0 Å². The fourth-order valence-corrected chi connectivity index (χ4v) is 1.62. The quantitative estimate of drug-likeness (QED) is 0.558. The van der Waals surface area contributed by atoms with E-state index in [2.05, 4.69) is 10.2 Å². The number of aryl methyl sites for hydroxylation is 1. The second-order valence-corrected chi connectivity index (χ2v) is 3.49. The highest BCUT2D eigenvalue weighted by molar-refractivity contribution is 5.83. The van der Waals surface area contributed by atoms with Gasteiger partial charge in [0, 0.05) is 26.3 Å². The maximum absolute atomic E-state index is 10.8.